The molecule has 124 valence electrons. The second-order valence-corrected chi connectivity index (χ2v) is 6.99. The van der Waals surface area contributed by atoms with E-state index in [1.54, 1.807) is 0 Å². The third-order valence-corrected chi connectivity index (χ3v) is 4.37. The predicted octanol–water partition coefficient (Wildman–Crippen LogP) is 2.69. The van der Waals surface area contributed by atoms with Crippen LogP contribution in [0.15, 0.2) is 0 Å². The standard InChI is InChI=1S/C17H35N3O/c1-7-9-11-14-17(21)20(16(18-14)10-8-2)15(13(3)4)12-19(5)6/h13-16,18H,7-12H2,1-6H3. The Balaban J connectivity index is 2.88. The first-order valence-corrected chi connectivity index (χ1v) is 8.65. The lowest BCUT2D eigenvalue weighted by Gasteiger charge is -2.37. The van der Waals surface area contributed by atoms with Gasteiger partial charge in [0.25, 0.3) is 0 Å². The minimum Gasteiger partial charge on any atom is -0.321 e. The average molecular weight is 297 g/mol. The smallest absolute Gasteiger partial charge is 0.241 e. The molecule has 0 aliphatic carbocycles. The number of unbranched alkanes of at least 4 members (excludes halogenated alkanes) is 1. The summed E-state index contributed by atoms with van der Waals surface area (Å²) in [6.45, 7) is 9.77. The van der Waals surface area contributed by atoms with Gasteiger partial charge in [-0.2, -0.15) is 0 Å². The van der Waals surface area contributed by atoms with Gasteiger partial charge in [-0.15, -0.1) is 0 Å². The van der Waals surface area contributed by atoms with Crippen molar-refractivity contribution in [2.45, 2.75) is 78.0 Å². The van der Waals surface area contributed by atoms with E-state index >= 15 is 0 Å². The van der Waals surface area contributed by atoms with Gasteiger partial charge >= 0.3 is 0 Å². The highest BCUT2D eigenvalue weighted by Crippen LogP contribution is 2.25. The van der Waals surface area contributed by atoms with Gasteiger partial charge in [0, 0.05) is 12.6 Å². The Kier molecular flexibility index (Phi) is 7.67. The molecule has 0 aromatic heterocycles. The van der Waals surface area contributed by atoms with Crippen LogP contribution in [0, 0.1) is 5.92 Å². The summed E-state index contributed by atoms with van der Waals surface area (Å²) >= 11 is 0. The van der Waals surface area contributed by atoms with E-state index in [0.717, 1.165) is 38.6 Å². The van der Waals surface area contributed by atoms with Crippen LogP contribution in [0.25, 0.3) is 0 Å². The maximum atomic E-state index is 12.9. The monoisotopic (exact) mass is 297 g/mol. The van der Waals surface area contributed by atoms with Crippen LogP contribution in [0.5, 0.6) is 0 Å². The number of amides is 1. The molecule has 21 heavy (non-hydrogen) atoms. The molecule has 3 unspecified atom stereocenters. The highest BCUT2D eigenvalue weighted by Gasteiger charge is 2.42. The van der Waals surface area contributed by atoms with Crippen molar-refractivity contribution in [2.75, 3.05) is 20.6 Å². The van der Waals surface area contributed by atoms with E-state index in [2.05, 4.69) is 56.9 Å². The van der Waals surface area contributed by atoms with Crippen molar-refractivity contribution in [1.29, 1.82) is 0 Å². The molecule has 0 bridgehead atoms. The molecule has 1 aliphatic rings. The number of carbonyl (C=O) groups excluding carboxylic acids is 1. The first kappa shape index (κ1) is 18.4. The van der Waals surface area contributed by atoms with Gasteiger partial charge in [-0.3, -0.25) is 10.1 Å². The molecule has 1 saturated heterocycles. The molecule has 1 aliphatic heterocycles. The van der Waals surface area contributed by atoms with E-state index in [4.69, 9.17) is 0 Å². The quantitative estimate of drug-likeness (QED) is 0.711. The van der Waals surface area contributed by atoms with Gasteiger partial charge in [0.2, 0.25) is 5.91 Å². The Morgan fingerprint density at radius 2 is 1.86 bits per heavy atom. The Bertz CT molecular complexity index is 317. The summed E-state index contributed by atoms with van der Waals surface area (Å²) in [5.41, 5.74) is 0. The molecule has 0 radical (unpaired) electrons. The Morgan fingerprint density at radius 1 is 1.19 bits per heavy atom. The summed E-state index contributed by atoms with van der Waals surface area (Å²) in [6, 6.07) is 0.327. The highest BCUT2D eigenvalue weighted by molar-refractivity contribution is 5.84. The summed E-state index contributed by atoms with van der Waals surface area (Å²) < 4.78 is 0. The van der Waals surface area contributed by atoms with Crippen LogP contribution in [-0.2, 0) is 4.79 Å². The molecule has 1 rings (SSSR count). The van der Waals surface area contributed by atoms with Crippen molar-refractivity contribution < 1.29 is 4.79 Å². The first-order valence-electron chi connectivity index (χ1n) is 8.65. The van der Waals surface area contributed by atoms with Gasteiger partial charge in [-0.1, -0.05) is 47.0 Å². The maximum Gasteiger partial charge on any atom is 0.241 e. The third-order valence-electron chi connectivity index (χ3n) is 4.37. The molecule has 1 heterocycles. The van der Waals surface area contributed by atoms with Crippen LogP contribution in [0.4, 0.5) is 0 Å². The second kappa shape index (κ2) is 8.74. The van der Waals surface area contributed by atoms with Crippen LogP contribution in [0.1, 0.15) is 59.8 Å². The molecule has 3 atom stereocenters. The summed E-state index contributed by atoms with van der Waals surface area (Å²) in [7, 11) is 4.18. The van der Waals surface area contributed by atoms with Crippen LogP contribution in [0.3, 0.4) is 0 Å². The number of nitrogens with one attached hydrogen (secondary N) is 1. The van der Waals surface area contributed by atoms with Crippen molar-refractivity contribution >= 4 is 5.91 Å². The number of likely N-dealkylation sites (N-methyl/N-ethyl adjacent to an activating group) is 1. The van der Waals surface area contributed by atoms with Crippen molar-refractivity contribution in [1.82, 2.24) is 15.1 Å². The molecule has 0 aromatic rings. The van der Waals surface area contributed by atoms with E-state index in [-0.39, 0.29) is 12.2 Å². The molecular weight excluding hydrogens is 262 g/mol. The summed E-state index contributed by atoms with van der Waals surface area (Å²) in [6.07, 6.45) is 5.61. The van der Waals surface area contributed by atoms with Crippen molar-refractivity contribution in [3.63, 3.8) is 0 Å². The maximum absolute atomic E-state index is 12.9. The molecular formula is C17H35N3O. The number of rotatable bonds is 9. The summed E-state index contributed by atoms with van der Waals surface area (Å²) in [5.74, 6) is 0.796. The molecule has 4 heteroatoms. The first-order chi connectivity index (χ1) is 9.92. The van der Waals surface area contributed by atoms with E-state index < -0.39 is 0 Å². The van der Waals surface area contributed by atoms with Gasteiger partial charge in [-0.05, 0) is 32.9 Å². The van der Waals surface area contributed by atoms with Gasteiger partial charge in [-0.25, -0.2) is 0 Å². The van der Waals surface area contributed by atoms with E-state index in [1.165, 1.54) is 0 Å². The van der Waals surface area contributed by atoms with Gasteiger partial charge in [0.05, 0.1) is 12.2 Å². The molecule has 1 fully saturated rings. The molecule has 1 N–H and O–H groups in total. The fourth-order valence-corrected chi connectivity index (χ4v) is 3.22. The van der Waals surface area contributed by atoms with Gasteiger partial charge < -0.3 is 9.80 Å². The van der Waals surface area contributed by atoms with E-state index in [1.807, 2.05) is 0 Å². The summed E-state index contributed by atoms with van der Waals surface area (Å²) in [4.78, 5) is 17.2. The summed E-state index contributed by atoms with van der Waals surface area (Å²) in [5, 5.41) is 3.59. The number of nitrogens with zero attached hydrogens (tertiary/aromatic N) is 2. The largest absolute Gasteiger partial charge is 0.321 e. The normalized spacial score (nSPS) is 24.4. The molecule has 0 saturated carbocycles. The van der Waals surface area contributed by atoms with Crippen molar-refractivity contribution in [3.8, 4) is 0 Å². The zero-order valence-electron chi connectivity index (χ0n) is 14.9. The SMILES string of the molecule is CCCCC1NC(CCC)N(C(CN(C)C)C(C)C)C1=O. The van der Waals surface area contributed by atoms with Crippen molar-refractivity contribution in [3.05, 3.63) is 0 Å². The van der Waals surface area contributed by atoms with Crippen molar-refractivity contribution in [2.24, 2.45) is 5.92 Å². The average Bonchev–Trinajstić information content (AvgIpc) is 2.70. The third kappa shape index (κ3) is 4.96. The molecule has 0 spiro atoms. The lowest BCUT2D eigenvalue weighted by Crippen LogP contribution is -2.51. The zero-order chi connectivity index (χ0) is 16.0. The van der Waals surface area contributed by atoms with Crippen LogP contribution >= 0.6 is 0 Å². The molecule has 0 aromatic carbocycles. The zero-order valence-corrected chi connectivity index (χ0v) is 14.9. The molecule has 1 amide bonds. The van der Waals surface area contributed by atoms with E-state index in [9.17, 15) is 4.79 Å². The number of hydrogen-bond donors (Lipinski definition) is 1. The van der Waals surface area contributed by atoms with Crippen LogP contribution in [-0.4, -0.2) is 54.6 Å². The van der Waals surface area contributed by atoms with Crippen LogP contribution in [0.2, 0.25) is 0 Å². The Labute approximate surface area is 131 Å². The fourth-order valence-electron chi connectivity index (χ4n) is 3.22. The number of hydrogen-bond acceptors (Lipinski definition) is 3. The van der Waals surface area contributed by atoms with Gasteiger partial charge in [0.1, 0.15) is 0 Å². The predicted molar refractivity (Wildman–Crippen MR) is 89.2 cm³/mol. The lowest BCUT2D eigenvalue weighted by molar-refractivity contribution is -0.133. The van der Waals surface area contributed by atoms with E-state index in [0.29, 0.717) is 17.9 Å². The fraction of sp³-hybridized carbons (Fsp3) is 0.941. The topological polar surface area (TPSA) is 35.6 Å². The lowest BCUT2D eigenvalue weighted by atomic mass is 10.0. The van der Waals surface area contributed by atoms with Crippen LogP contribution < -0.4 is 5.32 Å². The number of carbonyl (C=O) groups is 1. The van der Waals surface area contributed by atoms with Gasteiger partial charge in [0.15, 0.2) is 0 Å². The minimum absolute atomic E-state index is 0.0323. The highest BCUT2D eigenvalue weighted by atomic mass is 16.2. The molecule has 4 nitrogen and oxygen atoms in total. The minimum atomic E-state index is 0.0323. The Hall–Kier alpha value is -0.610. The second-order valence-electron chi connectivity index (χ2n) is 6.99. The Morgan fingerprint density at radius 3 is 2.33 bits per heavy atom.